The quantitative estimate of drug-likeness (QED) is 0.629. The van der Waals surface area contributed by atoms with Gasteiger partial charge in [-0.3, -0.25) is 0 Å². The molecule has 0 N–H and O–H groups in total. The van der Waals surface area contributed by atoms with Crippen molar-refractivity contribution < 1.29 is 9.47 Å². The number of hydrogen-bond acceptors (Lipinski definition) is 2. The molecular weight excluding hydrogens is 176 g/mol. The van der Waals surface area contributed by atoms with Gasteiger partial charge in [-0.05, 0) is 20.8 Å². The van der Waals surface area contributed by atoms with Crippen LogP contribution in [-0.2, 0) is 9.47 Å². The fraction of sp³-hybridized carbons (Fsp3) is 0.667. The van der Waals surface area contributed by atoms with E-state index in [4.69, 9.17) is 9.47 Å². The van der Waals surface area contributed by atoms with Crippen LogP contribution in [0.5, 0.6) is 0 Å². The van der Waals surface area contributed by atoms with E-state index in [1.54, 1.807) is 7.11 Å². The van der Waals surface area contributed by atoms with Crippen molar-refractivity contribution >= 4 is 0 Å². The van der Waals surface area contributed by atoms with Gasteiger partial charge in [0.15, 0.2) is 5.79 Å². The van der Waals surface area contributed by atoms with Crippen LogP contribution in [0.15, 0.2) is 24.3 Å². The maximum atomic E-state index is 6.00. The smallest absolute Gasteiger partial charge is 0.182 e. The molecule has 0 amide bonds. The van der Waals surface area contributed by atoms with Gasteiger partial charge in [-0.15, -0.1) is 0 Å². The van der Waals surface area contributed by atoms with Crippen molar-refractivity contribution in [2.75, 3.05) is 7.11 Å². The van der Waals surface area contributed by atoms with Crippen LogP contribution in [0.4, 0.5) is 0 Å². The first-order valence-corrected chi connectivity index (χ1v) is 5.06. The van der Waals surface area contributed by atoms with E-state index in [9.17, 15) is 0 Å². The van der Waals surface area contributed by atoms with E-state index in [1.807, 2.05) is 0 Å². The number of hydrogen-bond donors (Lipinski definition) is 0. The fourth-order valence-electron chi connectivity index (χ4n) is 2.15. The second-order valence-corrected chi connectivity index (χ2v) is 5.11. The Kier molecular flexibility index (Phi) is 1.92. The van der Waals surface area contributed by atoms with E-state index < -0.39 is 5.79 Å². The highest BCUT2D eigenvalue weighted by Crippen LogP contribution is 2.63. The van der Waals surface area contributed by atoms with E-state index in [0.717, 1.165) is 6.42 Å². The molecule has 0 aromatic carbocycles. The van der Waals surface area contributed by atoms with Crippen LogP contribution in [0.1, 0.15) is 27.2 Å². The van der Waals surface area contributed by atoms with E-state index in [0.29, 0.717) is 0 Å². The number of ether oxygens (including phenoxy) is 2. The summed E-state index contributed by atoms with van der Waals surface area (Å²) in [5.74, 6) is -0.422. The van der Waals surface area contributed by atoms with Crippen molar-refractivity contribution in [3.8, 4) is 0 Å². The molecule has 78 valence electrons. The van der Waals surface area contributed by atoms with Crippen LogP contribution in [0, 0.1) is 5.41 Å². The van der Waals surface area contributed by atoms with E-state index in [1.165, 1.54) is 0 Å². The lowest BCUT2D eigenvalue weighted by Gasteiger charge is -2.29. The average Bonchev–Trinajstić information content (AvgIpc) is 2.40. The molecule has 2 aliphatic carbocycles. The number of methoxy groups -OCH3 is 1. The van der Waals surface area contributed by atoms with Crippen LogP contribution in [0.25, 0.3) is 0 Å². The van der Waals surface area contributed by atoms with Gasteiger partial charge < -0.3 is 9.47 Å². The lowest BCUT2D eigenvalue weighted by atomic mass is 10.1. The molecule has 2 rings (SSSR count). The van der Waals surface area contributed by atoms with Crippen LogP contribution < -0.4 is 0 Å². The predicted octanol–water partition coefficient (Wildman–Crippen LogP) is 2.66. The maximum absolute atomic E-state index is 6.00. The Hall–Kier alpha value is -0.600. The lowest BCUT2D eigenvalue weighted by molar-refractivity contribution is -0.216. The van der Waals surface area contributed by atoms with Gasteiger partial charge in [0.25, 0.3) is 0 Å². The molecule has 0 bridgehead atoms. The average molecular weight is 194 g/mol. The molecule has 0 aliphatic heterocycles. The molecule has 0 saturated heterocycles. The second kappa shape index (κ2) is 2.71. The van der Waals surface area contributed by atoms with Crippen molar-refractivity contribution in [2.45, 2.75) is 38.6 Å². The molecule has 14 heavy (non-hydrogen) atoms. The first-order chi connectivity index (χ1) is 6.43. The third kappa shape index (κ3) is 1.33. The predicted molar refractivity (Wildman–Crippen MR) is 55.9 cm³/mol. The topological polar surface area (TPSA) is 18.5 Å². The molecule has 0 radical (unpaired) electrons. The minimum Gasteiger partial charge on any atom is -0.352 e. The largest absolute Gasteiger partial charge is 0.352 e. The van der Waals surface area contributed by atoms with Gasteiger partial charge in [-0.1, -0.05) is 24.3 Å². The third-order valence-electron chi connectivity index (χ3n) is 2.81. The van der Waals surface area contributed by atoms with Gasteiger partial charge in [0.1, 0.15) is 0 Å². The summed E-state index contributed by atoms with van der Waals surface area (Å²) in [5, 5.41) is 0. The molecular formula is C12H18O2. The van der Waals surface area contributed by atoms with E-state index >= 15 is 0 Å². The summed E-state index contributed by atoms with van der Waals surface area (Å²) >= 11 is 0. The first-order valence-electron chi connectivity index (χ1n) is 5.06. The Morgan fingerprint density at radius 1 is 1.14 bits per heavy atom. The molecule has 0 heterocycles. The SMILES string of the molecule is COC1(OC(C)(C)C)CC12C=CC=C2. The van der Waals surface area contributed by atoms with Crippen molar-refractivity contribution in [3.05, 3.63) is 24.3 Å². The standard InChI is InChI=1S/C12H18O2/c1-10(2,3)14-12(13-4)9-11(12)7-5-6-8-11/h5-8H,9H2,1-4H3. The van der Waals surface area contributed by atoms with Gasteiger partial charge in [-0.25, -0.2) is 0 Å². The summed E-state index contributed by atoms with van der Waals surface area (Å²) < 4.78 is 11.5. The molecule has 2 nitrogen and oxygen atoms in total. The zero-order valence-electron chi connectivity index (χ0n) is 9.33. The second-order valence-electron chi connectivity index (χ2n) is 5.11. The zero-order chi connectivity index (χ0) is 10.4. The van der Waals surface area contributed by atoms with E-state index in [2.05, 4.69) is 45.1 Å². The summed E-state index contributed by atoms with van der Waals surface area (Å²) in [6, 6.07) is 0. The van der Waals surface area contributed by atoms with Crippen LogP contribution in [0.3, 0.4) is 0 Å². The number of rotatable bonds is 2. The third-order valence-corrected chi connectivity index (χ3v) is 2.81. The minimum absolute atomic E-state index is 0.00896. The van der Waals surface area contributed by atoms with Crippen molar-refractivity contribution in [1.29, 1.82) is 0 Å². The molecule has 0 aromatic heterocycles. The van der Waals surface area contributed by atoms with E-state index in [-0.39, 0.29) is 11.0 Å². The fourth-order valence-corrected chi connectivity index (χ4v) is 2.15. The Morgan fingerprint density at radius 2 is 1.71 bits per heavy atom. The Balaban J connectivity index is 2.16. The minimum atomic E-state index is -0.422. The molecule has 1 spiro atoms. The van der Waals surface area contributed by atoms with Gasteiger partial charge in [0.05, 0.1) is 11.0 Å². The molecule has 2 heteroatoms. The van der Waals surface area contributed by atoms with Crippen LogP contribution in [0.2, 0.25) is 0 Å². The summed E-state index contributed by atoms with van der Waals surface area (Å²) in [6.07, 6.45) is 9.39. The molecule has 0 aromatic rings. The van der Waals surface area contributed by atoms with Crippen molar-refractivity contribution in [1.82, 2.24) is 0 Å². The van der Waals surface area contributed by atoms with Crippen molar-refractivity contribution in [2.24, 2.45) is 5.41 Å². The summed E-state index contributed by atoms with van der Waals surface area (Å²) in [5.41, 5.74) is -0.154. The highest BCUT2D eigenvalue weighted by molar-refractivity contribution is 5.38. The molecule has 1 atom stereocenters. The van der Waals surface area contributed by atoms with Gasteiger partial charge in [0.2, 0.25) is 0 Å². The number of allylic oxidation sites excluding steroid dienone is 2. The van der Waals surface area contributed by atoms with Crippen LogP contribution >= 0.6 is 0 Å². The Bertz CT molecular complexity index is 284. The Morgan fingerprint density at radius 3 is 2.14 bits per heavy atom. The monoisotopic (exact) mass is 194 g/mol. The highest BCUT2D eigenvalue weighted by Gasteiger charge is 2.69. The lowest BCUT2D eigenvalue weighted by Crippen LogP contribution is -2.34. The first kappa shape index (κ1) is 9.94. The highest BCUT2D eigenvalue weighted by atomic mass is 16.7. The molecule has 1 fully saturated rings. The molecule has 1 unspecified atom stereocenters. The summed E-state index contributed by atoms with van der Waals surface area (Å²) in [7, 11) is 1.72. The summed E-state index contributed by atoms with van der Waals surface area (Å²) in [6.45, 7) is 6.17. The maximum Gasteiger partial charge on any atom is 0.182 e. The van der Waals surface area contributed by atoms with Crippen molar-refractivity contribution in [3.63, 3.8) is 0 Å². The van der Waals surface area contributed by atoms with Gasteiger partial charge in [-0.2, -0.15) is 0 Å². The molecule has 2 aliphatic rings. The molecule has 1 saturated carbocycles. The Labute approximate surface area is 85.6 Å². The van der Waals surface area contributed by atoms with Gasteiger partial charge in [0, 0.05) is 13.5 Å². The van der Waals surface area contributed by atoms with Gasteiger partial charge >= 0.3 is 0 Å². The van der Waals surface area contributed by atoms with Crippen LogP contribution in [-0.4, -0.2) is 18.5 Å². The zero-order valence-corrected chi connectivity index (χ0v) is 9.33. The summed E-state index contributed by atoms with van der Waals surface area (Å²) in [4.78, 5) is 0. The normalized spacial score (nSPS) is 32.9.